The van der Waals surface area contributed by atoms with E-state index in [-0.39, 0.29) is 12.5 Å². The van der Waals surface area contributed by atoms with Crippen LogP contribution in [0.25, 0.3) is 0 Å². The molecule has 0 saturated heterocycles. The van der Waals surface area contributed by atoms with E-state index in [1.807, 2.05) is 6.92 Å². The highest BCUT2D eigenvalue weighted by molar-refractivity contribution is 5.85. The molecule has 0 heterocycles. The molecule has 1 atom stereocenters. The van der Waals surface area contributed by atoms with Crippen molar-refractivity contribution in [3.63, 3.8) is 0 Å². The Morgan fingerprint density at radius 2 is 1.88 bits per heavy atom. The van der Waals surface area contributed by atoms with Gasteiger partial charge in [-0.15, -0.1) is 0 Å². The molecule has 0 aromatic carbocycles. The molecule has 5 heteroatoms. The van der Waals surface area contributed by atoms with E-state index >= 15 is 0 Å². The van der Waals surface area contributed by atoms with Crippen molar-refractivity contribution in [1.29, 1.82) is 0 Å². The first-order chi connectivity index (χ1) is 7.20. The molecule has 1 amide bonds. The van der Waals surface area contributed by atoms with Gasteiger partial charge in [-0.2, -0.15) is 0 Å². The highest BCUT2D eigenvalue weighted by atomic mass is 16.4. The quantitative estimate of drug-likeness (QED) is 0.732. The Hall–Kier alpha value is -1.10. The standard InChI is InChI=1S/C11H22N2O3/c1-5-6-8(12)10(16)13(7-9(14)15)11(2,3)4/h8H,5-7,12H2,1-4H3,(H,14,15)/t8-/m1/s1. The van der Waals surface area contributed by atoms with Crippen LogP contribution in [0.5, 0.6) is 0 Å². The lowest BCUT2D eigenvalue weighted by Crippen LogP contribution is -2.54. The van der Waals surface area contributed by atoms with Crippen molar-refractivity contribution in [2.45, 2.75) is 52.1 Å². The second kappa shape index (κ2) is 5.84. The molecule has 0 aromatic rings. The molecular formula is C11H22N2O3. The van der Waals surface area contributed by atoms with Crippen LogP contribution in [0.3, 0.4) is 0 Å². The zero-order valence-corrected chi connectivity index (χ0v) is 10.5. The third-order valence-electron chi connectivity index (χ3n) is 2.29. The summed E-state index contributed by atoms with van der Waals surface area (Å²) in [5.41, 5.74) is 5.19. The van der Waals surface area contributed by atoms with Gasteiger partial charge >= 0.3 is 5.97 Å². The Kier molecular flexibility index (Phi) is 5.44. The van der Waals surface area contributed by atoms with E-state index in [0.29, 0.717) is 6.42 Å². The van der Waals surface area contributed by atoms with Gasteiger partial charge in [-0.25, -0.2) is 0 Å². The fourth-order valence-electron chi connectivity index (χ4n) is 1.42. The van der Waals surface area contributed by atoms with E-state index in [4.69, 9.17) is 10.8 Å². The average molecular weight is 230 g/mol. The number of carboxylic acids is 1. The van der Waals surface area contributed by atoms with E-state index in [0.717, 1.165) is 6.42 Å². The van der Waals surface area contributed by atoms with Crippen molar-refractivity contribution < 1.29 is 14.7 Å². The fraction of sp³-hybridized carbons (Fsp3) is 0.818. The minimum Gasteiger partial charge on any atom is -0.480 e. The zero-order chi connectivity index (χ0) is 12.9. The molecule has 0 aromatic heterocycles. The molecule has 16 heavy (non-hydrogen) atoms. The van der Waals surface area contributed by atoms with E-state index < -0.39 is 17.6 Å². The maximum Gasteiger partial charge on any atom is 0.323 e. The summed E-state index contributed by atoms with van der Waals surface area (Å²) < 4.78 is 0. The van der Waals surface area contributed by atoms with Gasteiger partial charge in [0.05, 0.1) is 6.04 Å². The number of aliphatic carboxylic acids is 1. The number of nitrogens with zero attached hydrogens (tertiary/aromatic N) is 1. The first kappa shape index (κ1) is 14.9. The number of carbonyl (C=O) groups is 2. The predicted molar refractivity (Wildman–Crippen MR) is 62.0 cm³/mol. The van der Waals surface area contributed by atoms with Crippen LogP contribution in [0.15, 0.2) is 0 Å². The minimum atomic E-state index is -1.02. The predicted octanol–water partition coefficient (Wildman–Crippen LogP) is 0.825. The summed E-state index contributed by atoms with van der Waals surface area (Å²) in [6, 6.07) is -0.608. The number of rotatable bonds is 5. The summed E-state index contributed by atoms with van der Waals surface area (Å²) in [6.07, 6.45) is 1.38. The highest BCUT2D eigenvalue weighted by Gasteiger charge is 2.31. The van der Waals surface area contributed by atoms with Crippen molar-refractivity contribution in [3.8, 4) is 0 Å². The minimum absolute atomic E-state index is 0.295. The van der Waals surface area contributed by atoms with Crippen LogP contribution in [-0.4, -0.2) is 40.0 Å². The molecule has 0 aliphatic carbocycles. The third-order valence-corrected chi connectivity index (χ3v) is 2.29. The van der Waals surface area contributed by atoms with Crippen molar-refractivity contribution in [3.05, 3.63) is 0 Å². The maximum absolute atomic E-state index is 12.0. The molecule has 0 fully saturated rings. The first-order valence-corrected chi connectivity index (χ1v) is 5.49. The van der Waals surface area contributed by atoms with E-state index in [1.165, 1.54) is 4.90 Å². The largest absolute Gasteiger partial charge is 0.480 e. The molecule has 0 aliphatic rings. The van der Waals surface area contributed by atoms with Crippen LogP contribution < -0.4 is 5.73 Å². The van der Waals surface area contributed by atoms with E-state index in [1.54, 1.807) is 20.8 Å². The van der Waals surface area contributed by atoms with E-state index in [9.17, 15) is 9.59 Å². The molecule has 3 N–H and O–H groups in total. The van der Waals surface area contributed by atoms with Gasteiger partial charge in [0.15, 0.2) is 0 Å². The van der Waals surface area contributed by atoms with Gasteiger partial charge in [0, 0.05) is 5.54 Å². The Bertz CT molecular complexity index is 258. The maximum atomic E-state index is 12.0. The lowest BCUT2D eigenvalue weighted by Gasteiger charge is -2.36. The molecule has 0 bridgehead atoms. The number of carbonyl (C=O) groups excluding carboxylic acids is 1. The van der Waals surface area contributed by atoms with Crippen LogP contribution in [0.1, 0.15) is 40.5 Å². The molecule has 0 rings (SSSR count). The van der Waals surface area contributed by atoms with Crippen LogP contribution in [0, 0.1) is 0 Å². The Labute approximate surface area is 96.6 Å². The topological polar surface area (TPSA) is 83.6 Å². The first-order valence-electron chi connectivity index (χ1n) is 5.49. The second-order valence-corrected chi connectivity index (χ2v) is 4.88. The third kappa shape index (κ3) is 4.61. The molecular weight excluding hydrogens is 208 g/mol. The Morgan fingerprint density at radius 3 is 2.19 bits per heavy atom. The second-order valence-electron chi connectivity index (χ2n) is 4.88. The monoisotopic (exact) mass is 230 g/mol. The lowest BCUT2D eigenvalue weighted by molar-refractivity contribution is -0.149. The highest BCUT2D eigenvalue weighted by Crippen LogP contribution is 2.15. The van der Waals surface area contributed by atoms with E-state index in [2.05, 4.69) is 0 Å². The van der Waals surface area contributed by atoms with Crippen LogP contribution in [0.4, 0.5) is 0 Å². The Morgan fingerprint density at radius 1 is 1.38 bits per heavy atom. The van der Waals surface area contributed by atoms with Crippen molar-refractivity contribution in [2.24, 2.45) is 5.73 Å². The van der Waals surface area contributed by atoms with Crippen molar-refractivity contribution >= 4 is 11.9 Å². The average Bonchev–Trinajstić information content (AvgIpc) is 2.11. The fourth-order valence-corrected chi connectivity index (χ4v) is 1.42. The smallest absolute Gasteiger partial charge is 0.323 e. The molecule has 0 saturated carbocycles. The lowest BCUT2D eigenvalue weighted by atomic mass is 10.0. The van der Waals surface area contributed by atoms with Gasteiger partial charge in [-0.1, -0.05) is 13.3 Å². The SMILES string of the molecule is CCC[C@@H](N)C(=O)N(CC(=O)O)C(C)(C)C. The summed E-state index contributed by atoms with van der Waals surface area (Å²) in [6.45, 7) is 7.02. The molecule has 94 valence electrons. The molecule has 5 nitrogen and oxygen atoms in total. The molecule has 0 unspecified atom stereocenters. The van der Waals surface area contributed by atoms with Crippen molar-refractivity contribution in [2.75, 3.05) is 6.54 Å². The van der Waals surface area contributed by atoms with Gasteiger partial charge in [-0.05, 0) is 27.2 Å². The molecule has 0 radical (unpaired) electrons. The summed E-state index contributed by atoms with van der Waals surface area (Å²) in [5.74, 6) is -1.32. The number of nitrogens with two attached hydrogens (primary N) is 1. The number of amides is 1. The molecule has 0 aliphatic heterocycles. The van der Waals surface area contributed by atoms with Gasteiger partial charge in [0.2, 0.25) is 5.91 Å². The summed E-state index contributed by atoms with van der Waals surface area (Å²) in [4.78, 5) is 24.0. The van der Waals surface area contributed by atoms with Gasteiger partial charge in [-0.3, -0.25) is 9.59 Å². The van der Waals surface area contributed by atoms with Crippen LogP contribution in [0.2, 0.25) is 0 Å². The Balaban J connectivity index is 4.76. The normalized spacial score (nSPS) is 13.3. The number of hydrogen-bond acceptors (Lipinski definition) is 3. The van der Waals surface area contributed by atoms with Gasteiger partial charge < -0.3 is 15.7 Å². The van der Waals surface area contributed by atoms with Crippen LogP contribution >= 0.6 is 0 Å². The van der Waals surface area contributed by atoms with Crippen molar-refractivity contribution in [1.82, 2.24) is 4.90 Å². The van der Waals surface area contributed by atoms with Gasteiger partial charge in [0.1, 0.15) is 6.54 Å². The summed E-state index contributed by atoms with van der Waals surface area (Å²) in [7, 11) is 0. The van der Waals surface area contributed by atoms with Crippen LogP contribution in [-0.2, 0) is 9.59 Å². The summed E-state index contributed by atoms with van der Waals surface area (Å²) >= 11 is 0. The zero-order valence-electron chi connectivity index (χ0n) is 10.5. The van der Waals surface area contributed by atoms with Gasteiger partial charge in [0.25, 0.3) is 0 Å². The number of hydrogen-bond donors (Lipinski definition) is 2. The number of carboxylic acid groups (broad SMARTS) is 1. The molecule has 0 spiro atoms. The summed E-state index contributed by atoms with van der Waals surface area (Å²) in [5, 5.41) is 8.77.